The number of aromatic nitrogens is 3. The zero-order valence-electron chi connectivity index (χ0n) is 13.6. The molecule has 144 valence electrons. The Bertz CT molecular complexity index is 1100. The van der Waals surface area contributed by atoms with E-state index in [2.05, 4.69) is 10.1 Å². The lowest BCUT2D eigenvalue weighted by Gasteiger charge is -2.31. The number of nitrogens with one attached hydrogen (secondary N) is 1. The molecule has 2 heterocycles. The van der Waals surface area contributed by atoms with Crippen molar-refractivity contribution in [1.29, 1.82) is 4.78 Å². The Hall–Kier alpha value is -2.60. The number of halogens is 5. The molecule has 0 bridgehead atoms. The Kier molecular flexibility index (Phi) is 4.64. The molecule has 1 N–H and O–H groups in total. The first-order valence-electron chi connectivity index (χ1n) is 7.34. The number of hydrogen-bond donors (Lipinski definition) is 1. The summed E-state index contributed by atoms with van der Waals surface area (Å²) < 4.78 is 90.1. The fraction of sp³-hybridized carbons (Fsp3) is 0.200. The minimum Gasteiger partial charge on any atom is -0.236 e. The number of hydrogen-bond acceptors (Lipinski definition) is 4. The fourth-order valence-corrected chi connectivity index (χ4v) is 3.95. The van der Waals surface area contributed by atoms with Crippen molar-refractivity contribution in [2.75, 3.05) is 7.05 Å². The smallest absolute Gasteiger partial charge is 0.236 e. The fourth-order valence-electron chi connectivity index (χ4n) is 2.57. The van der Waals surface area contributed by atoms with E-state index in [1.165, 1.54) is 29.2 Å². The highest BCUT2D eigenvalue weighted by atomic mass is 32.2. The third-order valence-electron chi connectivity index (χ3n) is 3.91. The van der Waals surface area contributed by atoms with E-state index in [0.29, 0.717) is 12.1 Å². The van der Waals surface area contributed by atoms with Crippen molar-refractivity contribution >= 4 is 15.6 Å². The van der Waals surface area contributed by atoms with E-state index < -0.39 is 39.3 Å². The monoisotopic (exact) mass is 405 g/mol. The van der Waals surface area contributed by atoms with Crippen molar-refractivity contribution in [3.63, 3.8) is 0 Å². The Morgan fingerprint density at radius 3 is 2.52 bits per heavy atom. The van der Waals surface area contributed by atoms with Crippen LogP contribution in [0.15, 0.2) is 47.8 Å². The van der Waals surface area contributed by atoms with Gasteiger partial charge in [0.05, 0.1) is 4.90 Å². The molecule has 3 rings (SSSR count). The van der Waals surface area contributed by atoms with Gasteiger partial charge in [-0.25, -0.2) is 31.6 Å². The van der Waals surface area contributed by atoms with Crippen LogP contribution in [0.25, 0.3) is 5.65 Å². The van der Waals surface area contributed by atoms with Gasteiger partial charge in [-0.2, -0.15) is 18.3 Å². The third-order valence-corrected chi connectivity index (χ3v) is 5.83. The molecule has 0 spiro atoms. The topological polar surface area (TPSA) is 74.4 Å². The van der Waals surface area contributed by atoms with Gasteiger partial charge in [-0.3, -0.25) is 0 Å². The lowest BCUT2D eigenvalue weighted by molar-refractivity contribution is -0.170. The maximum absolute atomic E-state index is 13.6. The normalized spacial score (nSPS) is 15.8. The number of pyridine rings is 1. The van der Waals surface area contributed by atoms with Crippen molar-refractivity contribution in [2.24, 2.45) is 0 Å². The number of nitrogens with zero attached hydrogens (tertiary/aromatic N) is 4. The van der Waals surface area contributed by atoms with Gasteiger partial charge in [-0.15, -0.1) is 0 Å². The maximum Gasteiger partial charge on any atom is 0.409 e. The summed E-state index contributed by atoms with van der Waals surface area (Å²) in [6.45, 7) is 0. The summed E-state index contributed by atoms with van der Waals surface area (Å²) in [5, 5.41) is 3.81. The standard InChI is InChI=1S/C15H12F5N5OS/c1-24(14(15(18,19)20)9-2-3-11(16)12(17)6-9)27(21,26)10-4-5-25-13(7-10)22-8-23-25/h2-8,14,21H,1H3/t14-,27?/m1/s1. The van der Waals surface area contributed by atoms with Crippen LogP contribution in [0.5, 0.6) is 0 Å². The molecule has 0 saturated heterocycles. The van der Waals surface area contributed by atoms with Crippen molar-refractivity contribution < 1.29 is 26.2 Å². The number of alkyl halides is 3. The average Bonchev–Trinajstić information content (AvgIpc) is 3.04. The molecule has 0 aliphatic heterocycles. The van der Waals surface area contributed by atoms with Crippen molar-refractivity contribution in [2.45, 2.75) is 17.1 Å². The second-order valence-corrected chi connectivity index (χ2v) is 7.71. The Morgan fingerprint density at radius 1 is 1.19 bits per heavy atom. The first-order chi connectivity index (χ1) is 12.5. The van der Waals surface area contributed by atoms with Crippen LogP contribution in [0.1, 0.15) is 11.6 Å². The first-order valence-corrected chi connectivity index (χ1v) is 8.86. The molecule has 3 aromatic rings. The van der Waals surface area contributed by atoms with Gasteiger partial charge in [0, 0.05) is 19.3 Å². The van der Waals surface area contributed by atoms with E-state index >= 15 is 0 Å². The third kappa shape index (κ3) is 3.49. The van der Waals surface area contributed by atoms with Crippen LogP contribution in [-0.4, -0.2) is 36.3 Å². The lowest BCUT2D eigenvalue weighted by Crippen LogP contribution is -2.39. The van der Waals surface area contributed by atoms with Crippen LogP contribution in [0.4, 0.5) is 22.0 Å². The van der Waals surface area contributed by atoms with Gasteiger partial charge in [0.15, 0.2) is 17.3 Å². The lowest BCUT2D eigenvalue weighted by atomic mass is 10.1. The molecule has 12 heteroatoms. The second kappa shape index (κ2) is 6.53. The van der Waals surface area contributed by atoms with Crippen LogP contribution < -0.4 is 0 Å². The van der Waals surface area contributed by atoms with Gasteiger partial charge < -0.3 is 0 Å². The van der Waals surface area contributed by atoms with Crippen molar-refractivity contribution in [1.82, 2.24) is 18.9 Å². The van der Waals surface area contributed by atoms with Crippen molar-refractivity contribution in [3.05, 3.63) is 60.1 Å². The summed E-state index contributed by atoms with van der Waals surface area (Å²) in [6, 6.07) is 1.44. The average molecular weight is 405 g/mol. The molecule has 1 unspecified atom stereocenters. The molecular weight excluding hydrogens is 393 g/mol. The number of rotatable bonds is 4. The summed E-state index contributed by atoms with van der Waals surface area (Å²) in [5.41, 5.74) is -0.482. The summed E-state index contributed by atoms with van der Waals surface area (Å²) in [4.78, 5) is 3.60. The van der Waals surface area contributed by atoms with Crippen molar-refractivity contribution in [3.8, 4) is 0 Å². The predicted molar refractivity (Wildman–Crippen MR) is 85.0 cm³/mol. The zero-order valence-corrected chi connectivity index (χ0v) is 14.4. The van der Waals surface area contributed by atoms with Crippen LogP contribution in [0, 0.1) is 16.4 Å². The highest BCUT2D eigenvalue weighted by Crippen LogP contribution is 2.40. The molecule has 0 saturated carbocycles. The minimum absolute atomic E-state index is 0.192. The summed E-state index contributed by atoms with van der Waals surface area (Å²) in [6.07, 6.45) is -2.50. The van der Waals surface area contributed by atoms with Gasteiger partial charge in [0.1, 0.15) is 22.3 Å². The summed E-state index contributed by atoms with van der Waals surface area (Å²) in [7, 11) is -3.31. The van der Waals surface area contributed by atoms with Gasteiger partial charge in [-0.1, -0.05) is 6.07 Å². The SMILES string of the molecule is CN([C@H](c1ccc(F)c(F)c1)C(F)(F)F)S(=N)(=O)c1ccn2ncnc2c1. The Labute approximate surface area is 150 Å². The molecule has 0 amide bonds. The van der Waals surface area contributed by atoms with E-state index in [1.54, 1.807) is 0 Å². The summed E-state index contributed by atoms with van der Waals surface area (Å²) >= 11 is 0. The first kappa shape index (κ1) is 19.2. The highest BCUT2D eigenvalue weighted by molar-refractivity contribution is 7.90. The van der Waals surface area contributed by atoms with E-state index in [9.17, 15) is 26.2 Å². The van der Waals surface area contributed by atoms with Crippen LogP contribution in [-0.2, 0) is 9.92 Å². The molecular formula is C15H12F5N5OS. The van der Waals surface area contributed by atoms with Crippen LogP contribution in [0.2, 0.25) is 0 Å². The molecule has 2 atom stereocenters. The Balaban J connectivity index is 2.09. The molecule has 0 aliphatic rings. The van der Waals surface area contributed by atoms with E-state index in [0.717, 1.165) is 13.1 Å². The van der Waals surface area contributed by atoms with Crippen LogP contribution >= 0.6 is 0 Å². The highest BCUT2D eigenvalue weighted by Gasteiger charge is 2.47. The van der Waals surface area contributed by atoms with Crippen LogP contribution in [0.3, 0.4) is 0 Å². The largest absolute Gasteiger partial charge is 0.409 e. The van der Waals surface area contributed by atoms with E-state index in [1.807, 2.05) is 0 Å². The number of benzene rings is 1. The molecule has 27 heavy (non-hydrogen) atoms. The Morgan fingerprint density at radius 2 is 1.89 bits per heavy atom. The number of fused-ring (bicyclic) bond motifs is 1. The molecule has 0 fully saturated rings. The quantitative estimate of drug-likeness (QED) is 0.675. The molecule has 0 radical (unpaired) electrons. The molecule has 0 aliphatic carbocycles. The van der Waals surface area contributed by atoms with E-state index in [-0.39, 0.29) is 14.8 Å². The minimum atomic E-state index is -5.00. The van der Waals surface area contributed by atoms with Gasteiger partial charge in [0.25, 0.3) is 0 Å². The van der Waals surface area contributed by atoms with Gasteiger partial charge in [-0.05, 0) is 23.8 Å². The van der Waals surface area contributed by atoms with Gasteiger partial charge >= 0.3 is 6.18 Å². The zero-order chi connectivity index (χ0) is 20.0. The molecule has 1 aromatic carbocycles. The predicted octanol–water partition coefficient (Wildman–Crippen LogP) is 3.56. The van der Waals surface area contributed by atoms with E-state index in [4.69, 9.17) is 4.78 Å². The van der Waals surface area contributed by atoms with Gasteiger partial charge in [0.2, 0.25) is 0 Å². The molecule has 6 nitrogen and oxygen atoms in total. The maximum atomic E-state index is 13.6. The summed E-state index contributed by atoms with van der Waals surface area (Å²) in [5.74, 6) is -2.79. The second-order valence-electron chi connectivity index (χ2n) is 5.61. The molecule has 2 aromatic heterocycles.